The molecule has 62 heavy (non-hydrogen) atoms. The summed E-state index contributed by atoms with van der Waals surface area (Å²) >= 11 is 0. The average molecular weight is 868 g/mol. The predicted octanol–water partition coefficient (Wildman–Crippen LogP) is 4.09. The maximum atomic E-state index is 13.9. The van der Waals surface area contributed by atoms with Gasteiger partial charge in [0.25, 0.3) is 5.91 Å². The van der Waals surface area contributed by atoms with Crippen molar-refractivity contribution in [3.05, 3.63) is 70.3 Å². The summed E-state index contributed by atoms with van der Waals surface area (Å²) in [5, 5.41) is 8.05. The molecule has 1 fully saturated rings. The molecule has 6 atom stereocenters. The first-order valence-electron chi connectivity index (χ1n) is 19.8. The molecule has 338 valence electrons. The number of carbonyl (C=O) groups is 8. The molecule has 18 heteroatoms. The van der Waals surface area contributed by atoms with Gasteiger partial charge in [-0.3, -0.25) is 28.8 Å². The average Bonchev–Trinajstić information content (AvgIpc) is 3.15. The van der Waals surface area contributed by atoms with Gasteiger partial charge in [0.2, 0.25) is 5.91 Å². The van der Waals surface area contributed by atoms with Crippen LogP contribution in [0.2, 0.25) is 0 Å². The lowest BCUT2D eigenvalue weighted by Crippen LogP contribution is -2.68. The molecular formula is C44H57N3O15. The molecule has 2 aromatic carbocycles. The molecule has 0 saturated carbocycles. The molecule has 1 aliphatic heterocycles. The molecule has 2 aromatic rings. The molecule has 0 aliphatic carbocycles. The zero-order chi connectivity index (χ0) is 46.5. The SMILES string of the molecule is COC(=O)[C@@]1(C/C=C/c2cccc(CNC(=O)OC(C)(C)C)c2)C[C@H](OC(C)=O)[C@@H](NC(C)=O)[C@H]([C@H](OC(C)=O)[C@@H](CNC(=O)c2cc(C)c(OC(C)=O)c(C)c2)OC(C)=O)O1. The summed E-state index contributed by atoms with van der Waals surface area (Å²) in [5.41, 5.74) is -0.118. The summed E-state index contributed by atoms with van der Waals surface area (Å²) in [6.07, 6.45) is -3.96. The number of hydrogen-bond donors (Lipinski definition) is 3. The molecule has 0 radical (unpaired) electrons. The van der Waals surface area contributed by atoms with Crippen molar-refractivity contribution < 1.29 is 71.5 Å². The highest BCUT2D eigenvalue weighted by Gasteiger charge is 2.57. The van der Waals surface area contributed by atoms with Gasteiger partial charge in [0, 0.05) is 59.6 Å². The molecule has 0 bridgehead atoms. The van der Waals surface area contributed by atoms with E-state index in [2.05, 4.69) is 16.0 Å². The van der Waals surface area contributed by atoms with E-state index < -0.39 is 96.0 Å². The van der Waals surface area contributed by atoms with Crippen LogP contribution >= 0.6 is 0 Å². The molecule has 1 saturated heterocycles. The lowest BCUT2D eigenvalue weighted by atomic mass is 9.81. The predicted molar refractivity (Wildman–Crippen MR) is 221 cm³/mol. The number of carbonyl (C=O) groups excluding carboxylic acids is 8. The Hall–Kier alpha value is -6.30. The Morgan fingerprint density at radius 2 is 1.52 bits per heavy atom. The number of amides is 3. The van der Waals surface area contributed by atoms with E-state index in [-0.39, 0.29) is 30.7 Å². The second-order valence-electron chi connectivity index (χ2n) is 15.8. The quantitative estimate of drug-likeness (QED) is 0.122. The van der Waals surface area contributed by atoms with Crippen LogP contribution in [0.1, 0.15) is 101 Å². The highest BCUT2D eigenvalue weighted by Crippen LogP contribution is 2.39. The van der Waals surface area contributed by atoms with Crippen molar-refractivity contribution in [1.29, 1.82) is 0 Å². The molecule has 18 nitrogen and oxygen atoms in total. The summed E-state index contributed by atoms with van der Waals surface area (Å²) in [6.45, 7) is 13.9. The molecule has 1 aliphatic rings. The number of hydrogen-bond acceptors (Lipinski definition) is 15. The van der Waals surface area contributed by atoms with Gasteiger partial charge in [-0.2, -0.15) is 0 Å². The second-order valence-corrected chi connectivity index (χ2v) is 15.8. The van der Waals surface area contributed by atoms with E-state index in [9.17, 15) is 38.4 Å². The minimum absolute atomic E-state index is 0.155. The molecule has 3 N–H and O–H groups in total. The molecule has 1 heterocycles. The third-order valence-electron chi connectivity index (χ3n) is 9.18. The van der Waals surface area contributed by atoms with Crippen LogP contribution in [0.3, 0.4) is 0 Å². The Morgan fingerprint density at radius 1 is 0.871 bits per heavy atom. The molecular weight excluding hydrogens is 810 g/mol. The first-order chi connectivity index (χ1) is 28.9. The Bertz CT molecular complexity index is 2020. The van der Waals surface area contributed by atoms with Gasteiger partial charge in [-0.05, 0) is 75.1 Å². The van der Waals surface area contributed by atoms with Gasteiger partial charge in [0.1, 0.15) is 23.6 Å². The number of nitrogens with one attached hydrogen (secondary N) is 3. The van der Waals surface area contributed by atoms with E-state index in [0.717, 1.165) is 33.4 Å². The number of benzene rings is 2. The Morgan fingerprint density at radius 3 is 2.06 bits per heavy atom. The Kier molecular flexibility index (Phi) is 17.8. The summed E-state index contributed by atoms with van der Waals surface area (Å²) in [4.78, 5) is 102. The number of ether oxygens (including phenoxy) is 7. The zero-order valence-corrected chi connectivity index (χ0v) is 37.0. The molecule has 0 aromatic heterocycles. The van der Waals surface area contributed by atoms with Crippen molar-refractivity contribution in [2.24, 2.45) is 0 Å². The van der Waals surface area contributed by atoms with E-state index in [1.54, 1.807) is 71.0 Å². The van der Waals surface area contributed by atoms with Crippen molar-refractivity contribution in [3.8, 4) is 5.75 Å². The summed E-state index contributed by atoms with van der Waals surface area (Å²) < 4.78 is 39.5. The lowest BCUT2D eigenvalue weighted by molar-refractivity contribution is -0.239. The number of esters is 5. The van der Waals surface area contributed by atoms with Crippen LogP contribution in [-0.4, -0.2) is 103 Å². The van der Waals surface area contributed by atoms with Crippen LogP contribution in [0.4, 0.5) is 4.79 Å². The van der Waals surface area contributed by atoms with Gasteiger partial charge in [-0.25, -0.2) is 9.59 Å². The highest BCUT2D eigenvalue weighted by atomic mass is 16.6. The smallest absolute Gasteiger partial charge is 0.407 e. The normalized spacial score (nSPS) is 19.5. The molecule has 3 amide bonds. The van der Waals surface area contributed by atoms with Crippen LogP contribution in [-0.2, 0) is 63.7 Å². The van der Waals surface area contributed by atoms with Crippen LogP contribution in [0, 0.1) is 13.8 Å². The van der Waals surface area contributed by atoms with Crippen molar-refractivity contribution in [1.82, 2.24) is 16.0 Å². The largest absolute Gasteiger partial charge is 0.467 e. The van der Waals surface area contributed by atoms with E-state index in [1.807, 2.05) is 0 Å². The van der Waals surface area contributed by atoms with Gasteiger partial charge in [-0.15, -0.1) is 0 Å². The van der Waals surface area contributed by atoms with Crippen molar-refractivity contribution in [3.63, 3.8) is 0 Å². The first-order valence-corrected chi connectivity index (χ1v) is 19.8. The maximum absolute atomic E-state index is 13.9. The number of rotatable bonds is 16. The van der Waals surface area contributed by atoms with Crippen LogP contribution in [0.25, 0.3) is 6.08 Å². The number of alkyl carbamates (subject to hydrolysis) is 1. The summed E-state index contributed by atoms with van der Waals surface area (Å²) in [7, 11) is 1.12. The number of aryl methyl sites for hydroxylation is 2. The van der Waals surface area contributed by atoms with E-state index in [4.69, 9.17) is 33.2 Å². The zero-order valence-electron chi connectivity index (χ0n) is 37.0. The fourth-order valence-corrected chi connectivity index (χ4v) is 6.93. The lowest BCUT2D eigenvalue weighted by Gasteiger charge is -2.49. The van der Waals surface area contributed by atoms with Gasteiger partial charge >= 0.3 is 35.9 Å². The third-order valence-corrected chi connectivity index (χ3v) is 9.18. The van der Waals surface area contributed by atoms with Gasteiger partial charge in [-0.1, -0.05) is 30.4 Å². The van der Waals surface area contributed by atoms with Crippen LogP contribution in [0.5, 0.6) is 5.75 Å². The van der Waals surface area contributed by atoms with Crippen molar-refractivity contribution in [2.45, 2.75) is 130 Å². The Balaban J connectivity index is 2.08. The standard InChI is InChI=1S/C44H57N3O15/c1-24-18-33(19-25(2)37(24)59-29(6)51)40(53)45-23-35(58-28(5)50)38(60-30(7)52)39-36(47-26(3)48)34(57-27(4)49)21-44(61-39,41(54)56-11)17-13-16-31-14-12-15-32(20-31)22-46-42(55)62-43(8,9)10/h12-16,18-20,34-36,38-39H,17,21-23H2,1-11H3,(H,45,53)(H,46,55)(H,47,48)/b16-13+/t34-,35+,36+,38+,39+,44+/m0/s1. The maximum Gasteiger partial charge on any atom is 0.407 e. The number of methoxy groups -OCH3 is 1. The molecule has 3 rings (SSSR count). The first kappa shape index (κ1) is 50.1. The topological polar surface area (TPSA) is 237 Å². The fraction of sp³-hybridized carbons (Fsp3) is 0.500. The van der Waals surface area contributed by atoms with E-state index >= 15 is 0 Å². The van der Waals surface area contributed by atoms with Crippen LogP contribution < -0.4 is 20.7 Å². The third kappa shape index (κ3) is 15.0. The Labute approximate surface area is 360 Å². The van der Waals surface area contributed by atoms with E-state index in [1.165, 1.54) is 26.0 Å². The van der Waals surface area contributed by atoms with Gasteiger partial charge in [0.05, 0.1) is 19.7 Å². The highest BCUT2D eigenvalue weighted by molar-refractivity contribution is 5.95. The molecule has 0 unspecified atom stereocenters. The van der Waals surface area contributed by atoms with Gasteiger partial charge < -0.3 is 49.1 Å². The minimum atomic E-state index is -1.97. The fourth-order valence-electron chi connectivity index (χ4n) is 6.93. The van der Waals surface area contributed by atoms with E-state index in [0.29, 0.717) is 16.7 Å². The van der Waals surface area contributed by atoms with Crippen LogP contribution in [0.15, 0.2) is 42.5 Å². The van der Waals surface area contributed by atoms with Crippen molar-refractivity contribution >= 4 is 53.8 Å². The van der Waals surface area contributed by atoms with Crippen molar-refractivity contribution in [2.75, 3.05) is 13.7 Å². The summed E-state index contributed by atoms with van der Waals surface area (Å²) in [6, 6.07) is 8.80. The van der Waals surface area contributed by atoms with Gasteiger partial charge in [0.15, 0.2) is 17.8 Å². The monoisotopic (exact) mass is 867 g/mol. The molecule has 0 spiro atoms. The minimum Gasteiger partial charge on any atom is -0.467 e. The second kappa shape index (κ2) is 22.0. The summed E-state index contributed by atoms with van der Waals surface area (Å²) in [5.74, 6) is -4.97.